The highest BCUT2D eigenvalue weighted by Crippen LogP contribution is 2.17. The van der Waals surface area contributed by atoms with E-state index in [0.29, 0.717) is 18.8 Å². The van der Waals surface area contributed by atoms with Crippen LogP contribution in [0, 0.1) is 5.92 Å². The maximum atomic E-state index is 11.0. The van der Waals surface area contributed by atoms with Crippen LogP contribution < -0.4 is 0 Å². The summed E-state index contributed by atoms with van der Waals surface area (Å²) in [5.41, 5.74) is 0. The molecule has 0 aromatic heterocycles. The second kappa shape index (κ2) is 14.9. The molecule has 0 aromatic rings. The summed E-state index contributed by atoms with van der Waals surface area (Å²) in [5, 5.41) is 0. The highest BCUT2D eigenvalue weighted by Gasteiger charge is 2.06. The van der Waals surface area contributed by atoms with Gasteiger partial charge in [-0.05, 0) is 18.8 Å². The van der Waals surface area contributed by atoms with E-state index in [-0.39, 0.29) is 11.9 Å². The number of rotatable bonds is 14. The predicted molar refractivity (Wildman–Crippen MR) is 88.6 cm³/mol. The fourth-order valence-electron chi connectivity index (χ4n) is 2.54. The van der Waals surface area contributed by atoms with Gasteiger partial charge < -0.3 is 9.47 Å². The summed E-state index contributed by atoms with van der Waals surface area (Å²) in [5.74, 6) is 0.415. The smallest absolute Gasteiger partial charge is 0.305 e. The van der Waals surface area contributed by atoms with E-state index < -0.39 is 0 Å². The third kappa shape index (κ3) is 13.9. The van der Waals surface area contributed by atoms with E-state index >= 15 is 0 Å². The molecule has 0 spiro atoms. The molecule has 1 unspecified atom stereocenters. The highest BCUT2D eigenvalue weighted by atomic mass is 16.5. The first-order valence-electron chi connectivity index (χ1n) is 8.73. The Labute approximate surface area is 135 Å². The van der Waals surface area contributed by atoms with Crippen LogP contribution in [0.25, 0.3) is 0 Å². The van der Waals surface area contributed by atoms with Gasteiger partial charge in [0.1, 0.15) is 0 Å². The molecule has 0 aliphatic heterocycles. The van der Waals surface area contributed by atoms with E-state index in [1.165, 1.54) is 59.2 Å². The van der Waals surface area contributed by atoms with Crippen molar-refractivity contribution in [3.8, 4) is 0 Å². The summed E-state index contributed by atoms with van der Waals surface area (Å²) < 4.78 is 9.27. The predicted octanol–water partition coefficient (Wildman–Crippen LogP) is 4.65. The summed E-state index contributed by atoms with van der Waals surface area (Å²) in [4.78, 5) is 22.0. The topological polar surface area (TPSA) is 52.6 Å². The van der Waals surface area contributed by atoms with Gasteiger partial charge in [0.25, 0.3) is 0 Å². The van der Waals surface area contributed by atoms with E-state index in [2.05, 4.69) is 16.4 Å². The minimum absolute atomic E-state index is 0.0960. The SMILES string of the molecule is COC(=O)CCCCCCCCCCC(C)CCC(=O)OC. The summed E-state index contributed by atoms with van der Waals surface area (Å²) in [6.07, 6.45) is 12.9. The molecule has 0 saturated heterocycles. The molecule has 4 nitrogen and oxygen atoms in total. The zero-order valence-corrected chi connectivity index (χ0v) is 14.7. The number of unbranched alkanes of at least 4 members (excludes halogenated alkanes) is 7. The normalized spacial score (nSPS) is 12.0. The molecule has 1 atom stereocenters. The van der Waals surface area contributed by atoms with Crippen molar-refractivity contribution in [3.05, 3.63) is 0 Å². The van der Waals surface area contributed by atoms with Crippen molar-refractivity contribution in [2.24, 2.45) is 5.92 Å². The van der Waals surface area contributed by atoms with Crippen LogP contribution in [0.15, 0.2) is 0 Å². The zero-order chi connectivity index (χ0) is 16.6. The first kappa shape index (κ1) is 20.9. The lowest BCUT2D eigenvalue weighted by Gasteiger charge is -2.10. The van der Waals surface area contributed by atoms with E-state index in [0.717, 1.165) is 19.3 Å². The van der Waals surface area contributed by atoms with Gasteiger partial charge in [-0.3, -0.25) is 9.59 Å². The number of hydrogen-bond donors (Lipinski definition) is 0. The second-order valence-electron chi connectivity index (χ2n) is 6.16. The Hall–Kier alpha value is -1.06. The van der Waals surface area contributed by atoms with Crippen LogP contribution in [0.4, 0.5) is 0 Å². The molecular formula is C18H34O4. The number of hydrogen-bond acceptors (Lipinski definition) is 4. The lowest BCUT2D eigenvalue weighted by Crippen LogP contribution is -2.04. The quantitative estimate of drug-likeness (QED) is 0.346. The summed E-state index contributed by atoms with van der Waals surface area (Å²) in [7, 11) is 2.89. The molecule has 0 fully saturated rings. The van der Waals surface area contributed by atoms with Gasteiger partial charge in [-0.1, -0.05) is 58.3 Å². The average Bonchev–Trinajstić information content (AvgIpc) is 2.53. The minimum atomic E-state index is -0.0981. The van der Waals surface area contributed by atoms with Crippen molar-refractivity contribution in [2.75, 3.05) is 14.2 Å². The molecule has 130 valence electrons. The van der Waals surface area contributed by atoms with Crippen LogP contribution in [0.3, 0.4) is 0 Å². The molecule has 0 bridgehead atoms. The van der Waals surface area contributed by atoms with Gasteiger partial charge in [0, 0.05) is 12.8 Å². The van der Waals surface area contributed by atoms with Crippen LogP contribution in [-0.2, 0) is 19.1 Å². The molecule has 0 aliphatic rings. The Balaban J connectivity index is 3.23. The Morgan fingerprint density at radius 1 is 0.682 bits per heavy atom. The Kier molecular flexibility index (Phi) is 14.1. The van der Waals surface area contributed by atoms with Crippen molar-refractivity contribution in [1.82, 2.24) is 0 Å². The molecule has 4 heteroatoms. The van der Waals surface area contributed by atoms with Gasteiger partial charge in [0.2, 0.25) is 0 Å². The summed E-state index contributed by atoms with van der Waals surface area (Å²) in [6.45, 7) is 2.21. The molecule has 0 rings (SSSR count). The number of carbonyl (C=O) groups is 2. The molecule has 0 saturated carbocycles. The molecule has 0 heterocycles. The summed E-state index contributed by atoms with van der Waals surface area (Å²) >= 11 is 0. The van der Waals surface area contributed by atoms with Gasteiger partial charge in [0.15, 0.2) is 0 Å². The van der Waals surface area contributed by atoms with Gasteiger partial charge in [0.05, 0.1) is 14.2 Å². The van der Waals surface area contributed by atoms with Crippen LogP contribution in [0.1, 0.15) is 84.0 Å². The molecule has 0 aromatic carbocycles. The Bertz CT molecular complexity index is 289. The van der Waals surface area contributed by atoms with Gasteiger partial charge in [-0.25, -0.2) is 0 Å². The number of methoxy groups -OCH3 is 2. The van der Waals surface area contributed by atoms with Gasteiger partial charge in [-0.15, -0.1) is 0 Å². The van der Waals surface area contributed by atoms with Crippen molar-refractivity contribution < 1.29 is 19.1 Å². The van der Waals surface area contributed by atoms with E-state index in [9.17, 15) is 9.59 Å². The maximum Gasteiger partial charge on any atom is 0.305 e. The van der Waals surface area contributed by atoms with Crippen molar-refractivity contribution in [3.63, 3.8) is 0 Å². The van der Waals surface area contributed by atoms with Crippen molar-refractivity contribution in [1.29, 1.82) is 0 Å². The highest BCUT2D eigenvalue weighted by molar-refractivity contribution is 5.69. The number of ether oxygens (including phenoxy) is 2. The third-order valence-electron chi connectivity index (χ3n) is 4.12. The Morgan fingerprint density at radius 3 is 1.68 bits per heavy atom. The molecule has 0 aliphatic carbocycles. The van der Waals surface area contributed by atoms with Crippen LogP contribution in [-0.4, -0.2) is 26.2 Å². The van der Waals surface area contributed by atoms with Gasteiger partial charge >= 0.3 is 11.9 Å². The molecule has 0 amide bonds. The zero-order valence-electron chi connectivity index (χ0n) is 14.7. The molecule has 0 radical (unpaired) electrons. The first-order valence-corrected chi connectivity index (χ1v) is 8.73. The molecule has 0 N–H and O–H groups in total. The van der Waals surface area contributed by atoms with Gasteiger partial charge in [-0.2, -0.15) is 0 Å². The fourth-order valence-corrected chi connectivity index (χ4v) is 2.54. The Morgan fingerprint density at radius 2 is 1.14 bits per heavy atom. The minimum Gasteiger partial charge on any atom is -0.469 e. The van der Waals surface area contributed by atoms with Crippen molar-refractivity contribution >= 4 is 11.9 Å². The first-order chi connectivity index (χ1) is 10.6. The largest absolute Gasteiger partial charge is 0.469 e. The van der Waals surface area contributed by atoms with E-state index in [1.54, 1.807) is 0 Å². The van der Waals surface area contributed by atoms with E-state index in [1.807, 2.05) is 0 Å². The summed E-state index contributed by atoms with van der Waals surface area (Å²) in [6, 6.07) is 0. The fraction of sp³-hybridized carbons (Fsp3) is 0.889. The van der Waals surface area contributed by atoms with E-state index in [4.69, 9.17) is 0 Å². The van der Waals surface area contributed by atoms with Crippen LogP contribution in [0.5, 0.6) is 0 Å². The lowest BCUT2D eigenvalue weighted by molar-refractivity contribution is -0.141. The van der Waals surface area contributed by atoms with Crippen molar-refractivity contribution in [2.45, 2.75) is 84.0 Å². The monoisotopic (exact) mass is 314 g/mol. The van der Waals surface area contributed by atoms with Crippen LogP contribution >= 0.6 is 0 Å². The third-order valence-corrected chi connectivity index (χ3v) is 4.12. The standard InChI is InChI=1S/C18H34O4/c1-16(14-15-18(20)22-3)12-10-8-6-4-5-7-9-11-13-17(19)21-2/h16H,4-15H2,1-3H3. The maximum absolute atomic E-state index is 11.0. The average molecular weight is 314 g/mol. The number of carbonyl (C=O) groups excluding carboxylic acids is 2. The number of esters is 2. The molecule has 22 heavy (non-hydrogen) atoms. The second-order valence-corrected chi connectivity index (χ2v) is 6.16. The van der Waals surface area contributed by atoms with Crippen LogP contribution in [0.2, 0.25) is 0 Å². The lowest BCUT2D eigenvalue weighted by atomic mass is 9.97. The molecular weight excluding hydrogens is 280 g/mol.